The fourth-order valence-corrected chi connectivity index (χ4v) is 3.96. The molecule has 1 atom stereocenters. The summed E-state index contributed by atoms with van der Waals surface area (Å²) < 4.78 is 6.96. The van der Waals surface area contributed by atoms with Crippen molar-refractivity contribution in [1.82, 2.24) is 19.5 Å². The molecular formula is C15H16N4O2S. The Hall–Kier alpha value is -1.96. The summed E-state index contributed by atoms with van der Waals surface area (Å²) in [5.41, 5.74) is 1.16. The molecule has 2 aromatic heterocycles. The van der Waals surface area contributed by atoms with Crippen molar-refractivity contribution in [2.75, 3.05) is 26.3 Å². The third-order valence-electron chi connectivity index (χ3n) is 3.91. The lowest BCUT2D eigenvalue weighted by atomic mass is 10.0. The zero-order chi connectivity index (χ0) is 14.9. The van der Waals surface area contributed by atoms with Gasteiger partial charge in [0.05, 0.1) is 24.1 Å². The van der Waals surface area contributed by atoms with Gasteiger partial charge in [-0.25, -0.2) is 4.98 Å². The van der Waals surface area contributed by atoms with Crippen LogP contribution in [0.2, 0.25) is 0 Å². The number of thiazole rings is 1. The van der Waals surface area contributed by atoms with Crippen LogP contribution in [0.15, 0.2) is 36.7 Å². The first-order chi connectivity index (χ1) is 10.8. The standard InChI is InChI=1S/C15H16N4O2S/c20-14-13(22-15-16-10-17-19(14)15)12(11-4-2-1-3-5-11)18-6-8-21-9-7-18/h1-5,10,12,20H,6-9H2/t12-/m1/s1. The van der Waals surface area contributed by atoms with Gasteiger partial charge in [-0.15, -0.1) is 0 Å². The molecule has 0 spiro atoms. The molecule has 0 saturated carbocycles. The topological polar surface area (TPSA) is 62.9 Å². The molecule has 0 amide bonds. The minimum Gasteiger partial charge on any atom is -0.492 e. The summed E-state index contributed by atoms with van der Waals surface area (Å²) in [4.78, 5) is 8.11. The van der Waals surface area contributed by atoms with Gasteiger partial charge in [0.25, 0.3) is 0 Å². The predicted molar refractivity (Wildman–Crippen MR) is 83.2 cm³/mol. The number of nitrogens with zero attached hydrogens (tertiary/aromatic N) is 4. The molecule has 0 aliphatic carbocycles. The number of morpholine rings is 1. The van der Waals surface area contributed by atoms with Crippen molar-refractivity contribution < 1.29 is 9.84 Å². The number of aromatic nitrogens is 3. The van der Waals surface area contributed by atoms with Crippen molar-refractivity contribution in [1.29, 1.82) is 0 Å². The Balaban J connectivity index is 1.82. The molecule has 4 rings (SSSR count). The monoisotopic (exact) mass is 316 g/mol. The SMILES string of the molecule is Oc1c([C@@H](c2ccccc2)N2CCOCC2)sc2ncnn12. The summed E-state index contributed by atoms with van der Waals surface area (Å²) in [7, 11) is 0. The Bertz CT molecular complexity index is 764. The number of benzene rings is 1. The van der Waals surface area contributed by atoms with E-state index in [-0.39, 0.29) is 11.9 Å². The van der Waals surface area contributed by atoms with Crippen LogP contribution in [0, 0.1) is 0 Å². The Kier molecular flexibility index (Phi) is 3.53. The molecule has 3 heterocycles. The number of hydrogen-bond acceptors (Lipinski definition) is 6. The molecule has 7 heteroatoms. The fraction of sp³-hybridized carbons (Fsp3) is 0.333. The molecule has 1 aliphatic rings. The summed E-state index contributed by atoms with van der Waals surface area (Å²) in [6.45, 7) is 3.11. The molecule has 0 radical (unpaired) electrons. The number of aromatic hydroxyl groups is 1. The zero-order valence-electron chi connectivity index (χ0n) is 11.9. The fourth-order valence-electron chi connectivity index (χ4n) is 2.87. The molecule has 1 aromatic carbocycles. The van der Waals surface area contributed by atoms with Gasteiger partial charge >= 0.3 is 0 Å². The molecule has 1 saturated heterocycles. The first-order valence-electron chi connectivity index (χ1n) is 7.23. The molecule has 22 heavy (non-hydrogen) atoms. The highest BCUT2D eigenvalue weighted by Crippen LogP contribution is 2.39. The van der Waals surface area contributed by atoms with Crippen LogP contribution in [-0.2, 0) is 4.74 Å². The summed E-state index contributed by atoms with van der Waals surface area (Å²) in [5.74, 6) is 0.179. The normalized spacial score (nSPS) is 17.8. The van der Waals surface area contributed by atoms with Crippen LogP contribution in [0.4, 0.5) is 0 Å². The Morgan fingerprint density at radius 2 is 1.95 bits per heavy atom. The summed E-state index contributed by atoms with van der Waals surface area (Å²) >= 11 is 1.48. The van der Waals surface area contributed by atoms with Gasteiger partial charge in [0.15, 0.2) is 0 Å². The maximum atomic E-state index is 10.6. The lowest BCUT2D eigenvalue weighted by Gasteiger charge is -2.34. The Morgan fingerprint density at radius 3 is 2.68 bits per heavy atom. The second kappa shape index (κ2) is 5.68. The van der Waals surface area contributed by atoms with Gasteiger partial charge in [0.1, 0.15) is 6.33 Å². The van der Waals surface area contributed by atoms with Crippen LogP contribution in [0.1, 0.15) is 16.5 Å². The van der Waals surface area contributed by atoms with E-state index in [0.717, 1.165) is 23.5 Å². The van der Waals surface area contributed by atoms with Crippen LogP contribution in [0.25, 0.3) is 4.96 Å². The number of ether oxygens (including phenoxy) is 1. The Labute approximate surface area is 131 Å². The molecule has 6 nitrogen and oxygen atoms in total. The zero-order valence-corrected chi connectivity index (χ0v) is 12.7. The highest BCUT2D eigenvalue weighted by Gasteiger charge is 2.29. The number of fused-ring (bicyclic) bond motifs is 1. The van der Waals surface area contributed by atoms with Crippen LogP contribution in [0.5, 0.6) is 5.88 Å². The van der Waals surface area contributed by atoms with Crippen molar-refractivity contribution >= 4 is 16.3 Å². The molecule has 114 valence electrons. The third-order valence-corrected chi connectivity index (χ3v) is 5.00. The molecule has 1 N–H and O–H groups in total. The molecule has 1 fully saturated rings. The smallest absolute Gasteiger partial charge is 0.230 e. The largest absolute Gasteiger partial charge is 0.492 e. The highest BCUT2D eigenvalue weighted by molar-refractivity contribution is 7.17. The first-order valence-corrected chi connectivity index (χ1v) is 8.04. The van der Waals surface area contributed by atoms with Crippen molar-refractivity contribution in [3.05, 3.63) is 47.1 Å². The van der Waals surface area contributed by atoms with E-state index in [1.807, 2.05) is 18.2 Å². The summed E-state index contributed by atoms with van der Waals surface area (Å²) in [6, 6.07) is 10.2. The summed E-state index contributed by atoms with van der Waals surface area (Å²) in [5, 5.41) is 14.6. The second-order valence-corrected chi connectivity index (χ2v) is 6.21. The molecule has 3 aromatic rings. The Morgan fingerprint density at radius 1 is 1.18 bits per heavy atom. The number of hydrogen-bond donors (Lipinski definition) is 1. The maximum absolute atomic E-state index is 10.6. The van der Waals surface area contributed by atoms with E-state index in [2.05, 4.69) is 27.1 Å². The van der Waals surface area contributed by atoms with E-state index >= 15 is 0 Å². The first kappa shape index (κ1) is 13.7. The molecule has 1 aliphatic heterocycles. The van der Waals surface area contributed by atoms with Crippen LogP contribution >= 0.6 is 11.3 Å². The lowest BCUT2D eigenvalue weighted by Crippen LogP contribution is -2.39. The molecule has 0 bridgehead atoms. The highest BCUT2D eigenvalue weighted by atomic mass is 32.1. The van der Waals surface area contributed by atoms with Gasteiger partial charge in [0.2, 0.25) is 10.8 Å². The van der Waals surface area contributed by atoms with Crippen LogP contribution < -0.4 is 0 Å². The van der Waals surface area contributed by atoms with E-state index in [1.165, 1.54) is 22.2 Å². The second-order valence-electron chi connectivity index (χ2n) is 5.21. The van der Waals surface area contributed by atoms with Crippen molar-refractivity contribution in [3.8, 4) is 5.88 Å². The number of rotatable bonds is 3. The average Bonchev–Trinajstić information content (AvgIpc) is 3.14. The maximum Gasteiger partial charge on any atom is 0.230 e. The minimum absolute atomic E-state index is 0.00130. The van der Waals surface area contributed by atoms with Crippen LogP contribution in [-0.4, -0.2) is 50.9 Å². The van der Waals surface area contributed by atoms with E-state index in [1.54, 1.807) is 0 Å². The molecular weight excluding hydrogens is 300 g/mol. The van der Waals surface area contributed by atoms with Gasteiger partial charge in [-0.05, 0) is 5.56 Å². The van der Waals surface area contributed by atoms with Crippen LogP contribution in [0.3, 0.4) is 0 Å². The van der Waals surface area contributed by atoms with Crippen molar-refractivity contribution in [2.45, 2.75) is 6.04 Å². The predicted octanol–water partition coefficient (Wildman–Crippen LogP) is 1.92. The summed E-state index contributed by atoms with van der Waals surface area (Å²) in [6.07, 6.45) is 1.46. The van der Waals surface area contributed by atoms with Gasteiger partial charge in [0, 0.05) is 13.1 Å². The van der Waals surface area contributed by atoms with Gasteiger partial charge < -0.3 is 9.84 Å². The minimum atomic E-state index is -0.00130. The van der Waals surface area contributed by atoms with Crippen molar-refractivity contribution in [3.63, 3.8) is 0 Å². The molecule has 0 unspecified atom stereocenters. The van der Waals surface area contributed by atoms with Gasteiger partial charge in [-0.2, -0.15) is 9.61 Å². The van der Waals surface area contributed by atoms with Crippen molar-refractivity contribution in [2.24, 2.45) is 0 Å². The third kappa shape index (κ3) is 2.27. The van der Waals surface area contributed by atoms with E-state index in [0.29, 0.717) is 18.2 Å². The van der Waals surface area contributed by atoms with E-state index < -0.39 is 0 Å². The quantitative estimate of drug-likeness (QED) is 0.800. The average molecular weight is 316 g/mol. The van der Waals surface area contributed by atoms with E-state index in [4.69, 9.17) is 4.74 Å². The van der Waals surface area contributed by atoms with E-state index in [9.17, 15) is 5.11 Å². The van der Waals surface area contributed by atoms with Gasteiger partial charge in [-0.3, -0.25) is 4.90 Å². The van der Waals surface area contributed by atoms with Gasteiger partial charge in [-0.1, -0.05) is 41.7 Å². The lowest BCUT2D eigenvalue weighted by molar-refractivity contribution is 0.0241.